The van der Waals surface area contributed by atoms with Crippen LogP contribution >= 0.6 is 0 Å². The van der Waals surface area contributed by atoms with Crippen molar-refractivity contribution in [2.24, 2.45) is 11.8 Å². The lowest BCUT2D eigenvalue weighted by Crippen LogP contribution is -2.22. The first-order chi connectivity index (χ1) is 6.69. The van der Waals surface area contributed by atoms with Crippen LogP contribution in [-0.2, 0) is 19.1 Å². The molecule has 0 unspecified atom stereocenters. The zero-order valence-corrected chi connectivity index (χ0v) is 8.19. The van der Waals surface area contributed by atoms with Crippen LogP contribution in [-0.4, -0.2) is 25.2 Å². The zero-order chi connectivity index (χ0) is 10.1. The lowest BCUT2D eigenvalue weighted by Gasteiger charge is -2.19. The van der Waals surface area contributed by atoms with Gasteiger partial charge in [0.1, 0.15) is 6.10 Å². The number of fused-ring (bicyclic) bond motifs is 2. The maximum Gasteiger partial charge on any atom is 0.306 e. The second kappa shape index (κ2) is 3.59. The highest BCUT2D eigenvalue weighted by Crippen LogP contribution is 2.41. The van der Waals surface area contributed by atoms with Crippen LogP contribution in [0.4, 0.5) is 0 Å². The average Bonchev–Trinajstić information content (AvgIpc) is 2.41. The second-order valence-electron chi connectivity index (χ2n) is 4.09. The third kappa shape index (κ3) is 1.74. The third-order valence-electron chi connectivity index (χ3n) is 3.18. The minimum atomic E-state index is -0.185. The Labute approximate surface area is 82.6 Å². The number of hydrogen-bond acceptors (Lipinski definition) is 4. The van der Waals surface area contributed by atoms with Gasteiger partial charge in [0.15, 0.2) is 0 Å². The summed E-state index contributed by atoms with van der Waals surface area (Å²) in [4.78, 5) is 22.2. The van der Waals surface area contributed by atoms with Gasteiger partial charge in [-0.15, -0.1) is 0 Å². The van der Waals surface area contributed by atoms with Gasteiger partial charge in [0, 0.05) is 12.8 Å². The molecule has 4 heteroatoms. The fourth-order valence-electron chi connectivity index (χ4n) is 2.50. The molecular formula is C10H14O4. The second-order valence-corrected chi connectivity index (χ2v) is 4.09. The summed E-state index contributed by atoms with van der Waals surface area (Å²) in [6, 6.07) is 0. The minimum Gasteiger partial charge on any atom is -0.469 e. The van der Waals surface area contributed by atoms with E-state index in [2.05, 4.69) is 4.74 Å². The van der Waals surface area contributed by atoms with Crippen LogP contribution in [0.15, 0.2) is 0 Å². The zero-order valence-electron chi connectivity index (χ0n) is 8.19. The molecule has 2 fully saturated rings. The molecule has 78 valence electrons. The molecule has 0 amide bonds. The first-order valence-corrected chi connectivity index (χ1v) is 4.95. The van der Waals surface area contributed by atoms with E-state index in [0.29, 0.717) is 18.8 Å². The van der Waals surface area contributed by atoms with Gasteiger partial charge in [-0.3, -0.25) is 9.59 Å². The quantitative estimate of drug-likeness (QED) is 0.618. The normalized spacial score (nSPS) is 35.2. The summed E-state index contributed by atoms with van der Waals surface area (Å²) in [6.07, 6.45) is 2.70. The summed E-state index contributed by atoms with van der Waals surface area (Å²) in [5, 5.41) is 0. The van der Waals surface area contributed by atoms with E-state index < -0.39 is 0 Å². The molecule has 1 aliphatic heterocycles. The molecule has 0 spiro atoms. The molecule has 1 saturated carbocycles. The molecule has 0 aromatic heterocycles. The fraction of sp³-hybridized carbons (Fsp3) is 0.800. The Morgan fingerprint density at radius 2 is 2.36 bits per heavy atom. The third-order valence-corrected chi connectivity index (χ3v) is 3.18. The SMILES string of the molecule is COC(=O)C[C@H]1C[C@H]2C[C@@H]1CC(=O)O2. The highest BCUT2D eigenvalue weighted by molar-refractivity contribution is 5.72. The largest absolute Gasteiger partial charge is 0.469 e. The molecule has 0 N–H and O–H groups in total. The molecule has 2 rings (SSSR count). The summed E-state index contributed by atoms with van der Waals surface area (Å²) in [5.74, 6) is 0.313. The monoisotopic (exact) mass is 198 g/mol. The van der Waals surface area contributed by atoms with E-state index in [-0.39, 0.29) is 24.0 Å². The van der Waals surface area contributed by atoms with Crippen LogP contribution in [0.5, 0.6) is 0 Å². The summed E-state index contributed by atoms with van der Waals surface area (Å²) in [7, 11) is 1.39. The van der Waals surface area contributed by atoms with E-state index in [4.69, 9.17) is 4.74 Å². The van der Waals surface area contributed by atoms with Crippen LogP contribution in [0.25, 0.3) is 0 Å². The molecule has 4 nitrogen and oxygen atoms in total. The molecule has 0 aromatic carbocycles. The molecule has 14 heavy (non-hydrogen) atoms. The van der Waals surface area contributed by atoms with Crippen LogP contribution in [0.3, 0.4) is 0 Å². The molecule has 1 heterocycles. The van der Waals surface area contributed by atoms with Crippen molar-refractivity contribution < 1.29 is 19.1 Å². The van der Waals surface area contributed by atoms with Crippen molar-refractivity contribution in [2.75, 3.05) is 7.11 Å². The Morgan fingerprint density at radius 3 is 3.07 bits per heavy atom. The molecule has 2 bridgehead atoms. The number of carbonyl (C=O) groups is 2. The molecule has 0 aromatic rings. The average molecular weight is 198 g/mol. The topological polar surface area (TPSA) is 52.6 Å². The molecule has 1 aliphatic carbocycles. The maximum atomic E-state index is 11.1. The Kier molecular flexibility index (Phi) is 2.44. The Balaban J connectivity index is 1.96. The van der Waals surface area contributed by atoms with Crippen molar-refractivity contribution in [3.63, 3.8) is 0 Å². The summed E-state index contributed by atoms with van der Waals surface area (Å²) in [5.41, 5.74) is 0. The number of hydrogen-bond donors (Lipinski definition) is 0. The van der Waals surface area contributed by atoms with Gasteiger partial charge >= 0.3 is 11.9 Å². The molecule has 2 aliphatic rings. The van der Waals surface area contributed by atoms with Gasteiger partial charge in [-0.05, 0) is 24.7 Å². The summed E-state index contributed by atoms with van der Waals surface area (Å²) < 4.78 is 9.75. The molecular weight excluding hydrogens is 184 g/mol. The van der Waals surface area contributed by atoms with Crippen LogP contribution < -0.4 is 0 Å². The van der Waals surface area contributed by atoms with E-state index in [1.165, 1.54) is 7.11 Å². The van der Waals surface area contributed by atoms with E-state index in [0.717, 1.165) is 12.8 Å². The van der Waals surface area contributed by atoms with Gasteiger partial charge in [-0.1, -0.05) is 0 Å². The van der Waals surface area contributed by atoms with Crippen molar-refractivity contribution in [2.45, 2.75) is 31.8 Å². The van der Waals surface area contributed by atoms with Gasteiger partial charge in [0.25, 0.3) is 0 Å². The molecule has 0 radical (unpaired) electrons. The predicted octanol–water partition coefficient (Wildman–Crippen LogP) is 0.891. The van der Waals surface area contributed by atoms with Crippen molar-refractivity contribution in [3.8, 4) is 0 Å². The smallest absolute Gasteiger partial charge is 0.306 e. The highest BCUT2D eigenvalue weighted by atomic mass is 16.5. The lowest BCUT2D eigenvalue weighted by molar-refractivity contribution is -0.153. The van der Waals surface area contributed by atoms with E-state index in [1.54, 1.807) is 0 Å². The van der Waals surface area contributed by atoms with Crippen molar-refractivity contribution in [3.05, 3.63) is 0 Å². The van der Waals surface area contributed by atoms with Gasteiger partial charge in [-0.2, -0.15) is 0 Å². The van der Waals surface area contributed by atoms with Gasteiger partial charge in [-0.25, -0.2) is 0 Å². The van der Waals surface area contributed by atoms with E-state index >= 15 is 0 Å². The number of rotatable bonds is 2. The fourth-order valence-corrected chi connectivity index (χ4v) is 2.50. The van der Waals surface area contributed by atoms with Crippen LogP contribution in [0.1, 0.15) is 25.7 Å². The predicted molar refractivity (Wildman–Crippen MR) is 47.3 cm³/mol. The summed E-state index contributed by atoms with van der Waals surface area (Å²) >= 11 is 0. The van der Waals surface area contributed by atoms with Gasteiger partial charge < -0.3 is 9.47 Å². The Morgan fingerprint density at radius 1 is 1.57 bits per heavy atom. The molecule has 1 saturated heterocycles. The van der Waals surface area contributed by atoms with E-state index in [1.807, 2.05) is 0 Å². The number of carbonyl (C=O) groups excluding carboxylic acids is 2. The first kappa shape index (κ1) is 9.49. The van der Waals surface area contributed by atoms with Crippen molar-refractivity contribution in [1.82, 2.24) is 0 Å². The van der Waals surface area contributed by atoms with Crippen LogP contribution in [0.2, 0.25) is 0 Å². The standard InChI is InChI=1S/C10H14O4/c1-13-9(11)4-6-2-8-3-7(6)5-10(12)14-8/h6-8H,2-5H2,1H3/t6-,7-,8+/m1/s1. The first-order valence-electron chi connectivity index (χ1n) is 4.95. The minimum absolute atomic E-state index is 0.0518. The van der Waals surface area contributed by atoms with Crippen LogP contribution in [0, 0.1) is 11.8 Å². The Bertz CT molecular complexity index is 261. The number of ether oxygens (including phenoxy) is 2. The summed E-state index contributed by atoms with van der Waals surface area (Å²) in [6.45, 7) is 0. The number of methoxy groups -OCH3 is 1. The van der Waals surface area contributed by atoms with Gasteiger partial charge in [0.2, 0.25) is 0 Å². The molecule has 3 atom stereocenters. The van der Waals surface area contributed by atoms with Gasteiger partial charge in [0.05, 0.1) is 7.11 Å². The highest BCUT2D eigenvalue weighted by Gasteiger charge is 2.42. The maximum absolute atomic E-state index is 11.1. The lowest BCUT2D eigenvalue weighted by atomic mass is 9.90. The van der Waals surface area contributed by atoms with E-state index in [9.17, 15) is 9.59 Å². The number of esters is 2. The van der Waals surface area contributed by atoms with Crippen molar-refractivity contribution >= 4 is 11.9 Å². The van der Waals surface area contributed by atoms with Crippen molar-refractivity contribution in [1.29, 1.82) is 0 Å². The Hall–Kier alpha value is -1.06.